The smallest absolute Gasteiger partial charge is 0.147 e. The number of benzene rings is 4. The number of hydrogen-bond acceptors (Lipinski definition) is 0. The van der Waals surface area contributed by atoms with Crippen LogP contribution in [0.15, 0.2) is 113 Å². The monoisotopic (exact) mass is 708 g/mol. The molecule has 5 heteroatoms. The van der Waals surface area contributed by atoms with Crippen molar-refractivity contribution in [2.45, 2.75) is 20.3 Å². The van der Waals surface area contributed by atoms with E-state index in [2.05, 4.69) is 106 Å². The van der Waals surface area contributed by atoms with Gasteiger partial charge in [-0.05, 0) is 0 Å². The molecule has 0 nitrogen and oxygen atoms in total. The van der Waals surface area contributed by atoms with Crippen molar-refractivity contribution in [3.05, 3.63) is 145 Å². The molecule has 0 heterocycles. The second-order valence-electron chi connectivity index (χ2n) is 11.4. The Morgan fingerprint density at radius 3 is 1.90 bits per heavy atom. The SMILES string of the molecule is C=Cc1ccc2c(c1)-c1cc(C=C)c[c]([Zr](=[CH2])([C]3=CC(C)=CC3C)([c]3cccc(Cl)c3)[c]3cccc(Cl)c3)c1C2.Cl.Cl. The van der Waals surface area contributed by atoms with Crippen LogP contribution in [0.1, 0.15) is 36.1 Å². The molecule has 1 atom stereocenters. The van der Waals surface area contributed by atoms with Gasteiger partial charge in [0.2, 0.25) is 0 Å². The average Bonchev–Trinajstić information content (AvgIpc) is 3.50. The molecule has 0 fully saturated rings. The number of fused-ring (bicyclic) bond motifs is 3. The largest absolute Gasteiger partial charge is 0.147 e. The maximum Gasteiger partial charge on any atom is -0.147 e. The van der Waals surface area contributed by atoms with Crippen LogP contribution in [0.2, 0.25) is 10.0 Å². The van der Waals surface area contributed by atoms with E-state index >= 15 is 0 Å². The molecule has 42 heavy (non-hydrogen) atoms. The van der Waals surface area contributed by atoms with Gasteiger partial charge in [-0.1, -0.05) is 0 Å². The average molecular weight is 712 g/mol. The normalized spacial score (nSPS) is 15.4. The zero-order valence-corrected chi connectivity index (χ0v) is 29.4. The topological polar surface area (TPSA) is 0 Å². The van der Waals surface area contributed by atoms with Crippen LogP contribution in [0.25, 0.3) is 23.3 Å². The molecule has 0 saturated heterocycles. The fraction of sp³-hybridized carbons (Fsp3) is 0.108. The van der Waals surface area contributed by atoms with E-state index in [9.17, 15) is 0 Å². The molecule has 2 aliphatic rings. The Morgan fingerprint density at radius 2 is 1.38 bits per heavy atom. The summed E-state index contributed by atoms with van der Waals surface area (Å²) in [7, 11) is 0. The molecule has 4 aromatic carbocycles. The summed E-state index contributed by atoms with van der Waals surface area (Å²) in [6.45, 7) is 12.7. The predicted octanol–water partition coefficient (Wildman–Crippen LogP) is 9.57. The summed E-state index contributed by atoms with van der Waals surface area (Å²) in [5.74, 6) is 0.222. The molecule has 0 spiro atoms. The van der Waals surface area contributed by atoms with Crippen molar-refractivity contribution in [2.24, 2.45) is 5.92 Å². The van der Waals surface area contributed by atoms with E-state index in [1.165, 1.54) is 40.9 Å². The van der Waals surface area contributed by atoms with Crippen molar-refractivity contribution in [1.82, 2.24) is 0 Å². The summed E-state index contributed by atoms with van der Waals surface area (Å²) >= 11 is 8.59. The van der Waals surface area contributed by atoms with Crippen molar-refractivity contribution in [3.8, 4) is 11.1 Å². The Morgan fingerprint density at radius 1 is 0.786 bits per heavy atom. The summed E-state index contributed by atoms with van der Waals surface area (Å²) in [4.78, 5) is 0. The third-order valence-electron chi connectivity index (χ3n) is 9.08. The van der Waals surface area contributed by atoms with Crippen molar-refractivity contribution in [3.63, 3.8) is 0 Å². The first-order chi connectivity index (χ1) is 19.2. The van der Waals surface area contributed by atoms with E-state index in [0.717, 1.165) is 27.6 Å². The van der Waals surface area contributed by atoms with Gasteiger partial charge in [0.15, 0.2) is 0 Å². The van der Waals surface area contributed by atoms with Crippen LogP contribution in [0.3, 0.4) is 0 Å². The number of allylic oxidation sites excluding steroid dienone is 4. The maximum absolute atomic E-state index is 6.79. The summed E-state index contributed by atoms with van der Waals surface area (Å²) in [6.07, 6.45) is 9.50. The first-order valence-electron chi connectivity index (χ1n) is 13.7. The number of rotatable bonds is 6. The third kappa shape index (κ3) is 4.83. The number of hydrogen-bond donors (Lipinski definition) is 0. The van der Waals surface area contributed by atoms with E-state index in [-0.39, 0.29) is 30.7 Å². The molecule has 0 aromatic heterocycles. The molecule has 0 amide bonds. The van der Waals surface area contributed by atoms with Crippen LogP contribution in [-0.2, 0) is 24.7 Å². The molecule has 2 aliphatic carbocycles. The summed E-state index contributed by atoms with van der Waals surface area (Å²) in [6, 6.07) is 28.2. The van der Waals surface area contributed by atoms with Crippen molar-refractivity contribution in [2.75, 3.05) is 0 Å². The van der Waals surface area contributed by atoms with Crippen molar-refractivity contribution >= 4 is 74.2 Å². The van der Waals surface area contributed by atoms with Gasteiger partial charge in [-0.25, -0.2) is 0 Å². The molecule has 4 aromatic rings. The molecular formula is C37H34Cl4Zr. The molecule has 0 N–H and O–H groups in total. The van der Waals surface area contributed by atoms with E-state index in [1.807, 2.05) is 24.3 Å². The van der Waals surface area contributed by atoms with Gasteiger partial charge in [-0.3, -0.25) is 0 Å². The minimum Gasteiger partial charge on any atom is -0.147 e. The second kappa shape index (κ2) is 12.0. The summed E-state index contributed by atoms with van der Waals surface area (Å²) in [5.41, 5.74) is 8.68. The summed E-state index contributed by atoms with van der Waals surface area (Å²) in [5, 5.41) is 1.44. The minimum absolute atomic E-state index is 0. The first kappa shape index (κ1) is 32.7. The van der Waals surface area contributed by atoms with Gasteiger partial charge < -0.3 is 0 Å². The Hall–Kier alpha value is -2.25. The quantitative estimate of drug-likeness (QED) is 0.165. The molecule has 0 aliphatic heterocycles. The molecule has 0 bridgehead atoms. The van der Waals surface area contributed by atoms with Crippen LogP contribution in [0.4, 0.5) is 0 Å². The van der Waals surface area contributed by atoms with Crippen LogP contribution >= 0.6 is 48.0 Å². The molecular weight excluding hydrogens is 677 g/mol. The Balaban J connectivity index is 0.00000202. The zero-order valence-electron chi connectivity index (χ0n) is 23.8. The number of halogens is 4. The van der Waals surface area contributed by atoms with Crippen LogP contribution < -0.4 is 9.81 Å². The fourth-order valence-electron chi connectivity index (χ4n) is 7.25. The predicted molar refractivity (Wildman–Crippen MR) is 189 cm³/mol. The van der Waals surface area contributed by atoms with Gasteiger partial charge in [0.05, 0.1) is 0 Å². The van der Waals surface area contributed by atoms with Gasteiger partial charge in [0.1, 0.15) is 0 Å². The third-order valence-corrected chi connectivity index (χ3v) is 26.0. The first-order valence-corrected chi connectivity index (χ1v) is 21.1. The standard InChI is InChI=1S/C17H13.C7H9.2C6H4Cl.CH2.2ClH.Zr/c1-3-12-5-7-14-11-15-8-6-13(4-2)10-17(15)16(14)9-12;1-6-3-4-7(2)5-6;2*7-6-4-2-1-3-5-6;;;;/h3-7,9-10H,1-2,11H2;3,5,7H,1-2H3;2*1-2,4-5H;1H2;2*1H;. The van der Waals surface area contributed by atoms with E-state index < -0.39 is 18.3 Å². The van der Waals surface area contributed by atoms with Crippen LogP contribution in [0.5, 0.6) is 0 Å². The molecule has 0 radical (unpaired) electrons. The minimum atomic E-state index is -5.00. The van der Waals surface area contributed by atoms with Gasteiger partial charge >= 0.3 is 250 Å². The zero-order chi connectivity index (χ0) is 28.3. The second-order valence-corrected chi connectivity index (χ2v) is 25.0. The van der Waals surface area contributed by atoms with E-state index in [1.54, 1.807) is 0 Å². The molecule has 214 valence electrons. The van der Waals surface area contributed by atoms with Gasteiger partial charge in [0.25, 0.3) is 0 Å². The van der Waals surface area contributed by atoms with Crippen molar-refractivity contribution in [1.29, 1.82) is 0 Å². The van der Waals surface area contributed by atoms with Crippen LogP contribution in [0, 0.1) is 5.92 Å². The van der Waals surface area contributed by atoms with Crippen LogP contribution in [-0.4, -0.2) is 4.21 Å². The Labute approximate surface area is 272 Å². The summed E-state index contributed by atoms with van der Waals surface area (Å²) < 4.78 is 10.7. The van der Waals surface area contributed by atoms with Gasteiger partial charge in [0, 0.05) is 0 Å². The Kier molecular flexibility index (Phi) is 9.36. The molecule has 6 rings (SSSR count). The van der Waals surface area contributed by atoms with E-state index in [4.69, 9.17) is 27.4 Å². The van der Waals surface area contributed by atoms with E-state index in [0.29, 0.717) is 0 Å². The molecule has 1 unspecified atom stereocenters. The molecule has 0 saturated carbocycles. The van der Waals surface area contributed by atoms with Gasteiger partial charge in [-0.2, -0.15) is 0 Å². The maximum atomic E-state index is 6.79. The Bertz CT molecular complexity index is 1830. The fourth-order valence-corrected chi connectivity index (χ4v) is 24.8. The van der Waals surface area contributed by atoms with Gasteiger partial charge in [-0.15, -0.1) is 24.8 Å². The van der Waals surface area contributed by atoms with Crippen molar-refractivity contribution < 1.29 is 18.3 Å².